The van der Waals surface area contributed by atoms with Gasteiger partial charge in [0.1, 0.15) is 0 Å². The average molecular weight is 272 g/mol. The van der Waals surface area contributed by atoms with E-state index < -0.39 is 10.0 Å². The molecule has 0 aromatic carbocycles. The number of rotatable bonds is 1. The minimum atomic E-state index is -3.77. The first-order chi connectivity index (χ1) is 5.41. The third-order valence-corrected chi connectivity index (χ3v) is 2.98. The number of halogens is 2. The number of pyridine rings is 1. The van der Waals surface area contributed by atoms with Crippen molar-refractivity contribution >= 4 is 37.6 Å². The van der Waals surface area contributed by atoms with Gasteiger partial charge in [0.15, 0.2) is 5.03 Å². The molecule has 12 heavy (non-hydrogen) atoms. The molecule has 4 nitrogen and oxygen atoms in total. The lowest BCUT2D eigenvalue weighted by atomic mass is 10.5. The minimum Gasteiger partial charge on any atom is -0.241 e. The Kier molecular flexibility index (Phi) is 2.72. The van der Waals surface area contributed by atoms with Crippen LogP contribution < -0.4 is 5.14 Å². The zero-order valence-corrected chi connectivity index (χ0v) is 8.82. The van der Waals surface area contributed by atoms with E-state index in [1.54, 1.807) is 0 Å². The fourth-order valence-corrected chi connectivity index (χ4v) is 2.46. The van der Waals surface area contributed by atoms with Gasteiger partial charge >= 0.3 is 0 Å². The number of aromatic nitrogens is 1. The van der Waals surface area contributed by atoms with Crippen molar-refractivity contribution in [3.05, 3.63) is 21.8 Å². The van der Waals surface area contributed by atoms with Crippen LogP contribution in [0, 0.1) is 0 Å². The van der Waals surface area contributed by atoms with E-state index in [2.05, 4.69) is 20.9 Å². The van der Waals surface area contributed by atoms with Crippen molar-refractivity contribution in [2.24, 2.45) is 5.14 Å². The molecule has 0 saturated carbocycles. The molecule has 66 valence electrons. The van der Waals surface area contributed by atoms with Crippen molar-refractivity contribution in [3.8, 4) is 0 Å². The Morgan fingerprint density at radius 3 is 2.58 bits per heavy atom. The maximum atomic E-state index is 10.8. The SMILES string of the molecule is NS(=O)(=O)c1ncc(Cl)cc1Br. The van der Waals surface area contributed by atoms with Gasteiger partial charge in [-0.3, -0.25) is 0 Å². The van der Waals surface area contributed by atoms with Crippen LogP contribution in [0.4, 0.5) is 0 Å². The molecule has 7 heteroatoms. The van der Waals surface area contributed by atoms with Crippen molar-refractivity contribution in [1.29, 1.82) is 0 Å². The molecule has 0 fully saturated rings. The molecule has 0 spiro atoms. The molecule has 0 saturated heterocycles. The molecule has 0 unspecified atom stereocenters. The largest absolute Gasteiger partial charge is 0.256 e. The van der Waals surface area contributed by atoms with Crippen LogP contribution in [-0.2, 0) is 10.0 Å². The Balaban J connectivity index is 3.39. The zero-order valence-electron chi connectivity index (χ0n) is 5.66. The molecule has 1 rings (SSSR count). The van der Waals surface area contributed by atoms with Crippen LogP contribution >= 0.6 is 27.5 Å². The summed E-state index contributed by atoms with van der Waals surface area (Å²) in [6, 6.07) is 1.41. The molecular weight excluding hydrogens is 267 g/mol. The normalized spacial score (nSPS) is 11.6. The van der Waals surface area contributed by atoms with Crippen molar-refractivity contribution < 1.29 is 8.42 Å². The molecule has 0 aliphatic heterocycles. The van der Waals surface area contributed by atoms with Gasteiger partial charge in [-0.15, -0.1) is 0 Å². The van der Waals surface area contributed by atoms with Crippen molar-refractivity contribution in [2.45, 2.75) is 5.03 Å². The third kappa shape index (κ3) is 2.16. The number of hydrogen-bond donors (Lipinski definition) is 1. The smallest absolute Gasteiger partial charge is 0.241 e. The molecule has 0 aliphatic rings. The van der Waals surface area contributed by atoms with Gasteiger partial charge in [-0.1, -0.05) is 11.6 Å². The fourth-order valence-electron chi connectivity index (χ4n) is 0.611. The molecule has 1 aromatic rings. The summed E-state index contributed by atoms with van der Waals surface area (Å²) < 4.78 is 21.9. The van der Waals surface area contributed by atoms with Gasteiger partial charge in [0.2, 0.25) is 0 Å². The van der Waals surface area contributed by atoms with Crippen LogP contribution in [0.15, 0.2) is 21.8 Å². The predicted octanol–water partition coefficient (Wildman–Crippen LogP) is 1.14. The number of primary sulfonamides is 1. The quantitative estimate of drug-likeness (QED) is 0.832. The summed E-state index contributed by atoms with van der Waals surface area (Å²) in [6.45, 7) is 0. The number of nitrogens with zero attached hydrogens (tertiary/aromatic N) is 1. The Labute approximate surface area is 82.9 Å². The molecule has 1 aromatic heterocycles. The molecule has 0 bridgehead atoms. The second kappa shape index (κ2) is 3.29. The van der Waals surface area contributed by atoms with Gasteiger partial charge in [0, 0.05) is 6.20 Å². The topological polar surface area (TPSA) is 73.1 Å². The lowest BCUT2D eigenvalue weighted by Crippen LogP contribution is -2.14. The maximum absolute atomic E-state index is 10.8. The average Bonchev–Trinajstić information content (AvgIpc) is 1.83. The van der Waals surface area contributed by atoms with Crippen LogP contribution in [0.25, 0.3) is 0 Å². The van der Waals surface area contributed by atoms with Crippen LogP contribution in [0.1, 0.15) is 0 Å². The van der Waals surface area contributed by atoms with Gasteiger partial charge in [-0.05, 0) is 22.0 Å². The number of sulfonamides is 1. The highest BCUT2D eigenvalue weighted by molar-refractivity contribution is 9.10. The first-order valence-corrected chi connectivity index (χ1v) is 5.47. The number of hydrogen-bond acceptors (Lipinski definition) is 3. The molecule has 0 atom stereocenters. The molecule has 1 heterocycles. The second-order valence-corrected chi connectivity index (χ2v) is 4.75. The zero-order chi connectivity index (χ0) is 9.35. The maximum Gasteiger partial charge on any atom is 0.256 e. The summed E-state index contributed by atoms with van der Waals surface area (Å²) in [5.74, 6) is 0. The predicted molar refractivity (Wildman–Crippen MR) is 48.3 cm³/mol. The van der Waals surface area contributed by atoms with Gasteiger partial charge in [-0.2, -0.15) is 0 Å². The monoisotopic (exact) mass is 270 g/mol. The van der Waals surface area contributed by atoms with Crippen LogP contribution in [0.2, 0.25) is 5.02 Å². The molecule has 0 radical (unpaired) electrons. The molecular formula is C5H4BrClN2O2S. The molecule has 0 aliphatic carbocycles. The van der Waals surface area contributed by atoms with Gasteiger partial charge in [0.05, 0.1) is 9.50 Å². The summed E-state index contributed by atoms with van der Waals surface area (Å²) >= 11 is 8.52. The van der Waals surface area contributed by atoms with Gasteiger partial charge in [0.25, 0.3) is 10.0 Å². The Hall–Kier alpha value is -0.170. The Bertz CT molecular complexity index is 406. The van der Waals surface area contributed by atoms with E-state index in [1.807, 2.05) is 0 Å². The van der Waals surface area contributed by atoms with E-state index in [0.717, 1.165) is 0 Å². The highest BCUT2D eigenvalue weighted by Gasteiger charge is 2.13. The highest BCUT2D eigenvalue weighted by atomic mass is 79.9. The highest BCUT2D eigenvalue weighted by Crippen LogP contribution is 2.21. The summed E-state index contributed by atoms with van der Waals surface area (Å²) in [4.78, 5) is 3.56. The van der Waals surface area contributed by atoms with E-state index in [1.165, 1.54) is 12.3 Å². The van der Waals surface area contributed by atoms with E-state index in [0.29, 0.717) is 5.02 Å². The first kappa shape index (κ1) is 9.91. The van der Waals surface area contributed by atoms with Crippen LogP contribution in [0.5, 0.6) is 0 Å². The van der Waals surface area contributed by atoms with Crippen molar-refractivity contribution in [2.75, 3.05) is 0 Å². The van der Waals surface area contributed by atoms with E-state index >= 15 is 0 Å². The summed E-state index contributed by atoms with van der Waals surface area (Å²) in [5, 5.41) is 4.97. The van der Waals surface area contributed by atoms with Crippen LogP contribution in [-0.4, -0.2) is 13.4 Å². The van der Waals surface area contributed by atoms with Crippen molar-refractivity contribution in [3.63, 3.8) is 0 Å². The summed E-state index contributed by atoms with van der Waals surface area (Å²) in [6.07, 6.45) is 1.21. The minimum absolute atomic E-state index is 0.216. The molecule has 2 N–H and O–H groups in total. The van der Waals surface area contributed by atoms with Crippen molar-refractivity contribution in [1.82, 2.24) is 4.98 Å². The Morgan fingerprint density at radius 1 is 1.58 bits per heavy atom. The van der Waals surface area contributed by atoms with Gasteiger partial charge < -0.3 is 0 Å². The lowest BCUT2D eigenvalue weighted by molar-refractivity contribution is 0.593. The summed E-state index contributed by atoms with van der Waals surface area (Å²) in [7, 11) is -3.77. The lowest BCUT2D eigenvalue weighted by Gasteiger charge is -1.99. The second-order valence-electron chi connectivity index (χ2n) is 1.99. The van der Waals surface area contributed by atoms with E-state index in [9.17, 15) is 8.42 Å². The van der Waals surface area contributed by atoms with E-state index in [-0.39, 0.29) is 9.50 Å². The van der Waals surface area contributed by atoms with Crippen LogP contribution in [0.3, 0.4) is 0 Å². The standard InChI is InChI=1S/C5H4BrClN2O2S/c6-4-1-3(7)2-9-5(4)12(8,10)11/h1-2H,(H2,8,10,11). The van der Waals surface area contributed by atoms with E-state index in [4.69, 9.17) is 16.7 Å². The van der Waals surface area contributed by atoms with Gasteiger partial charge in [-0.25, -0.2) is 18.5 Å². The summed E-state index contributed by atoms with van der Waals surface area (Å²) in [5.41, 5.74) is 0. The third-order valence-electron chi connectivity index (χ3n) is 1.04. The first-order valence-electron chi connectivity index (χ1n) is 2.75. The number of nitrogens with two attached hydrogens (primary N) is 1. The molecule has 0 amide bonds. The Morgan fingerprint density at radius 2 is 2.17 bits per heavy atom. The fraction of sp³-hybridized carbons (Fsp3) is 0.